The molecule has 362 valence electrons. The molecule has 0 bridgehead atoms. The van der Waals surface area contributed by atoms with Gasteiger partial charge in [0.1, 0.15) is 5.75 Å². The Kier molecular flexibility index (Phi) is 45.7. The predicted octanol–water partition coefficient (Wildman–Crippen LogP) is 11.7. The number of carbonyl (C=O) groups excluding carboxylic acids is 2. The van der Waals surface area contributed by atoms with Gasteiger partial charge in [-0.2, -0.15) is 11.8 Å². The van der Waals surface area contributed by atoms with Crippen LogP contribution in [0.3, 0.4) is 0 Å². The summed E-state index contributed by atoms with van der Waals surface area (Å²) in [6.07, 6.45) is 26.5. The third kappa shape index (κ3) is 50.1. The van der Waals surface area contributed by atoms with Crippen LogP contribution in [0.2, 0.25) is 0 Å². The van der Waals surface area contributed by atoms with Gasteiger partial charge in [-0.3, -0.25) is 9.59 Å². The number of unbranched alkanes of at least 4 members (excludes halogenated alkanes) is 18. The topological polar surface area (TPSA) is 224 Å². The van der Waals surface area contributed by atoms with Crippen LogP contribution in [0.15, 0.2) is 18.2 Å². The fraction of sp³-hybridized carbons (Fsp3) is 0.818. The maximum atomic E-state index is 11.8. The average Bonchev–Trinajstić information content (AvgIpc) is 3.14. The quantitative estimate of drug-likeness (QED) is 0.0204. The summed E-state index contributed by atoms with van der Waals surface area (Å²) in [5.41, 5.74) is 2.15. The van der Waals surface area contributed by atoms with Crippen molar-refractivity contribution >= 4 is 49.5 Å². The van der Waals surface area contributed by atoms with Gasteiger partial charge in [0.25, 0.3) is 0 Å². The lowest BCUT2D eigenvalue weighted by molar-refractivity contribution is -0.144. The molecule has 8 N–H and O–H groups in total. The molecule has 0 amide bonds. The molecule has 1 rings (SSSR count). The Labute approximate surface area is 378 Å². The largest absolute Gasteiger partial charge is 0.466 e. The van der Waals surface area contributed by atoms with Gasteiger partial charge in [-0.05, 0) is 35.3 Å². The van der Waals surface area contributed by atoms with E-state index in [1.165, 1.54) is 108 Å². The van der Waals surface area contributed by atoms with Crippen molar-refractivity contribution < 1.29 is 62.7 Å². The van der Waals surface area contributed by atoms with Crippen molar-refractivity contribution in [2.24, 2.45) is 0 Å². The molecule has 0 fully saturated rings. The highest BCUT2D eigenvalue weighted by Gasteiger charge is 2.24. The van der Waals surface area contributed by atoms with Crippen molar-refractivity contribution in [3.8, 4) is 5.75 Å². The molecule has 0 heterocycles. The van der Waals surface area contributed by atoms with Gasteiger partial charge in [-0.15, -0.1) is 0 Å². The maximum Gasteiger partial charge on any atom is 0.391 e. The van der Waals surface area contributed by atoms with Gasteiger partial charge in [0, 0.05) is 17.1 Å². The third-order valence-electron chi connectivity index (χ3n) is 9.26. The highest BCUT2D eigenvalue weighted by Crippen LogP contribution is 2.39. The van der Waals surface area contributed by atoms with Crippen LogP contribution < -0.4 is 4.52 Å². The van der Waals surface area contributed by atoms with Crippen LogP contribution in [0.5, 0.6) is 5.75 Å². The second kappa shape index (κ2) is 43.2. The van der Waals surface area contributed by atoms with E-state index in [1.807, 2.05) is 12.1 Å². The number of thioether (sulfide) groups is 1. The van der Waals surface area contributed by atoms with E-state index in [2.05, 4.69) is 61.5 Å². The first-order valence-corrected chi connectivity index (χ1v) is 27.0. The molecule has 17 heteroatoms. The molecular formula is C44H87O13P3S. The fourth-order valence-electron chi connectivity index (χ4n) is 5.86. The summed E-state index contributed by atoms with van der Waals surface area (Å²) < 4.78 is 15.8. The summed E-state index contributed by atoms with van der Waals surface area (Å²) in [7, 11) is -7.62. The van der Waals surface area contributed by atoms with Crippen molar-refractivity contribution in [1.82, 2.24) is 0 Å². The number of hydrogen-bond acceptors (Lipinski definition) is 14. The number of benzene rings is 1. The van der Waals surface area contributed by atoms with E-state index in [4.69, 9.17) is 53.1 Å². The van der Waals surface area contributed by atoms with Crippen LogP contribution in [-0.4, -0.2) is 75.8 Å². The summed E-state index contributed by atoms with van der Waals surface area (Å²) in [6, 6.07) is 5.89. The number of rotatable bonds is 30. The van der Waals surface area contributed by atoms with E-state index in [-0.39, 0.29) is 22.8 Å². The minimum absolute atomic E-state index is 0.0572. The summed E-state index contributed by atoms with van der Waals surface area (Å²) in [6.45, 7) is 18.3. The fourth-order valence-corrected chi connectivity index (χ4v) is 7.02. The first-order valence-electron chi connectivity index (χ1n) is 22.3. The predicted molar refractivity (Wildman–Crippen MR) is 255 cm³/mol. The molecule has 0 saturated carbocycles. The normalized spacial score (nSPS) is 11.3. The Hall–Kier alpha value is -0.720. The Balaban J connectivity index is -0.00000106. The summed E-state index contributed by atoms with van der Waals surface area (Å²) >= 11 is 1.63. The molecule has 61 heavy (non-hydrogen) atoms. The number of carbonyl (C=O) groups is 2. The van der Waals surface area contributed by atoms with Crippen molar-refractivity contribution in [1.29, 1.82) is 0 Å². The Morgan fingerprint density at radius 1 is 0.525 bits per heavy atom. The van der Waals surface area contributed by atoms with Crippen molar-refractivity contribution in [2.75, 3.05) is 24.7 Å². The maximum absolute atomic E-state index is 11.8. The van der Waals surface area contributed by atoms with E-state index >= 15 is 0 Å². The van der Waals surface area contributed by atoms with Gasteiger partial charge < -0.3 is 53.1 Å². The first-order chi connectivity index (χ1) is 28.7. The molecule has 13 nitrogen and oxygen atoms in total. The Bertz CT molecular complexity index is 1100. The molecule has 0 aliphatic heterocycles. The molecule has 0 atom stereocenters. The standard InChI is InChI=1S/C30H58O4S.C14H23O3P.2H3O3P/c1-3-5-7-9-11-13-15-17-19-21-25-33-29(31)23-27-35-28-24-30(32)34-26-22-20-18-16-14-12-10-8-6-4-2;1-13(2,3)10-7-8-12(17-18(15)16)11(9-10)14(4,5)6;2*1-4(2)3/h3-28H2,1-2H3;7-9,15-16H,1-6H3;2*1-3H. The lowest BCUT2D eigenvalue weighted by Gasteiger charge is -2.27. The van der Waals surface area contributed by atoms with Crippen LogP contribution in [0, 0.1) is 0 Å². The molecule has 1 aromatic rings. The second-order valence-electron chi connectivity index (χ2n) is 17.0. The van der Waals surface area contributed by atoms with E-state index in [9.17, 15) is 9.59 Å². The average molecular weight is 949 g/mol. The van der Waals surface area contributed by atoms with Gasteiger partial charge in [-0.25, -0.2) is 0 Å². The zero-order valence-corrected chi connectivity index (χ0v) is 42.5. The highest BCUT2D eigenvalue weighted by atomic mass is 32.2. The first kappa shape index (κ1) is 64.6. The van der Waals surface area contributed by atoms with Gasteiger partial charge in [0.2, 0.25) is 0 Å². The third-order valence-corrected chi connectivity index (χ3v) is 10.6. The molecule has 0 unspecified atom stereocenters. The van der Waals surface area contributed by atoms with Crippen LogP contribution in [-0.2, 0) is 29.9 Å². The minimum Gasteiger partial charge on any atom is -0.466 e. The molecule has 1 aromatic carbocycles. The summed E-state index contributed by atoms with van der Waals surface area (Å²) in [5, 5.41) is 0. The smallest absolute Gasteiger partial charge is 0.391 e. The SMILES string of the molecule is CC(C)(C)c1ccc(OP(O)O)c(C(C)(C)C)c1.CCCCCCCCCCCCOC(=O)CCSCCC(=O)OCCCCCCCCCCCC.OP(O)O.OP(O)O. The lowest BCUT2D eigenvalue weighted by Crippen LogP contribution is -2.17. The number of ether oxygens (including phenoxy) is 2. The second-order valence-corrected chi connectivity index (χ2v) is 20.0. The minimum atomic E-state index is -2.62. The molecule has 0 aromatic heterocycles. The van der Waals surface area contributed by atoms with Gasteiger partial charge in [0.05, 0.1) is 26.1 Å². The highest BCUT2D eigenvalue weighted by molar-refractivity contribution is 7.99. The molecule has 0 aliphatic rings. The lowest BCUT2D eigenvalue weighted by atomic mass is 9.80. The van der Waals surface area contributed by atoms with Gasteiger partial charge >= 0.3 is 37.7 Å². The van der Waals surface area contributed by atoms with Crippen LogP contribution in [0.4, 0.5) is 0 Å². The van der Waals surface area contributed by atoms with Crippen molar-refractivity contribution in [3.05, 3.63) is 29.3 Å². The molecule has 0 radical (unpaired) electrons. The summed E-state index contributed by atoms with van der Waals surface area (Å²) in [5.74, 6) is 1.74. The van der Waals surface area contributed by atoms with Gasteiger partial charge in [0.15, 0.2) is 0 Å². The van der Waals surface area contributed by atoms with E-state index in [1.54, 1.807) is 11.8 Å². The van der Waals surface area contributed by atoms with E-state index in [0.717, 1.165) is 31.2 Å². The Morgan fingerprint density at radius 2 is 0.852 bits per heavy atom. The molecule has 0 spiro atoms. The molecule has 0 aliphatic carbocycles. The van der Waals surface area contributed by atoms with Crippen LogP contribution >= 0.6 is 37.6 Å². The van der Waals surface area contributed by atoms with Crippen LogP contribution in [0.25, 0.3) is 0 Å². The Morgan fingerprint density at radius 3 is 1.15 bits per heavy atom. The molecular weight excluding hydrogens is 861 g/mol. The van der Waals surface area contributed by atoms with Crippen molar-refractivity contribution in [2.45, 2.75) is 207 Å². The number of hydrogen-bond donors (Lipinski definition) is 8. The zero-order valence-electron chi connectivity index (χ0n) is 39.0. The van der Waals surface area contributed by atoms with Gasteiger partial charge in [-0.1, -0.05) is 183 Å². The molecule has 0 saturated heterocycles. The summed E-state index contributed by atoms with van der Waals surface area (Å²) in [4.78, 5) is 85.0. The van der Waals surface area contributed by atoms with E-state index < -0.39 is 25.8 Å². The number of esters is 2. The van der Waals surface area contributed by atoms with Crippen LogP contribution in [0.1, 0.15) is 208 Å². The monoisotopic (exact) mass is 949 g/mol. The van der Waals surface area contributed by atoms with Crippen molar-refractivity contribution in [3.63, 3.8) is 0 Å². The zero-order chi connectivity index (χ0) is 47.0. The van der Waals surface area contributed by atoms with E-state index in [0.29, 0.717) is 43.3 Å².